The van der Waals surface area contributed by atoms with E-state index in [1.165, 1.54) is 6.20 Å². The number of nitrogens with two attached hydrogens (primary N) is 1. The number of rotatable bonds is 6. The summed E-state index contributed by atoms with van der Waals surface area (Å²) in [7, 11) is 1.71. The maximum atomic E-state index is 9.26. The highest BCUT2D eigenvalue weighted by Crippen LogP contribution is 2.38. The van der Waals surface area contributed by atoms with Gasteiger partial charge in [-0.25, -0.2) is 0 Å². The predicted molar refractivity (Wildman–Crippen MR) is 132 cm³/mol. The quantitative estimate of drug-likeness (QED) is 0.283. The smallest absolute Gasteiger partial charge is 0.127 e. The van der Waals surface area contributed by atoms with E-state index in [0.717, 1.165) is 44.3 Å². The van der Waals surface area contributed by atoms with Crippen molar-refractivity contribution in [3.63, 3.8) is 0 Å². The standard InChI is InChI=1S/C29H24N2O/c1-32-29-19-24(22-7-3-2-4-8-22)14-16-28(29)27-15-13-23(12-11-21(20-31)17-18-30)25-9-5-6-10-26(25)27/h2-11,13-19H,12,30H2,1H3/b18-17-,21-11+. The molecule has 156 valence electrons. The summed E-state index contributed by atoms with van der Waals surface area (Å²) in [5.74, 6) is 0.837. The van der Waals surface area contributed by atoms with E-state index >= 15 is 0 Å². The van der Waals surface area contributed by atoms with Gasteiger partial charge in [-0.15, -0.1) is 0 Å². The van der Waals surface area contributed by atoms with Gasteiger partial charge in [0.15, 0.2) is 0 Å². The van der Waals surface area contributed by atoms with Crippen LogP contribution in [-0.4, -0.2) is 7.11 Å². The van der Waals surface area contributed by atoms with Gasteiger partial charge >= 0.3 is 0 Å². The molecular weight excluding hydrogens is 392 g/mol. The van der Waals surface area contributed by atoms with Crippen LogP contribution in [-0.2, 0) is 6.42 Å². The lowest BCUT2D eigenvalue weighted by atomic mass is 9.92. The second kappa shape index (κ2) is 9.68. The van der Waals surface area contributed by atoms with E-state index in [1.54, 1.807) is 13.2 Å². The molecule has 32 heavy (non-hydrogen) atoms. The number of ether oxygens (including phenoxy) is 1. The summed E-state index contributed by atoms with van der Waals surface area (Å²) in [6.07, 6.45) is 5.56. The molecule has 0 fully saturated rings. The van der Waals surface area contributed by atoms with Gasteiger partial charge in [0.05, 0.1) is 13.2 Å². The summed E-state index contributed by atoms with van der Waals surface area (Å²) in [5, 5.41) is 11.6. The third-order valence-corrected chi connectivity index (χ3v) is 5.56. The Morgan fingerprint density at radius 3 is 2.31 bits per heavy atom. The van der Waals surface area contributed by atoms with Crippen LogP contribution >= 0.6 is 0 Å². The molecule has 0 aliphatic carbocycles. The third-order valence-electron chi connectivity index (χ3n) is 5.56. The highest BCUT2D eigenvalue weighted by Gasteiger charge is 2.13. The largest absolute Gasteiger partial charge is 0.496 e. The minimum atomic E-state index is 0.554. The molecule has 0 bridgehead atoms. The second-order valence-corrected chi connectivity index (χ2v) is 7.43. The summed E-state index contributed by atoms with van der Waals surface area (Å²) in [6.45, 7) is 0. The first-order valence-electron chi connectivity index (χ1n) is 10.5. The highest BCUT2D eigenvalue weighted by molar-refractivity contribution is 6.00. The number of nitriles is 1. The van der Waals surface area contributed by atoms with Crippen molar-refractivity contribution in [2.75, 3.05) is 7.11 Å². The molecule has 0 amide bonds. The van der Waals surface area contributed by atoms with E-state index in [4.69, 9.17) is 10.5 Å². The van der Waals surface area contributed by atoms with Crippen LogP contribution in [0.1, 0.15) is 5.56 Å². The molecule has 0 radical (unpaired) electrons. The van der Waals surface area contributed by atoms with Gasteiger partial charge in [-0.2, -0.15) is 5.26 Å². The van der Waals surface area contributed by atoms with Gasteiger partial charge in [-0.1, -0.05) is 84.9 Å². The van der Waals surface area contributed by atoms with Crippen molar-refractivity contribution >= 4 is 10.8 Å². The topological polar surface area (TPSA) is 59.0 Å². The molecule has 3 heteroatoms. The monoisotopic (exact) mass is 416 g/mol. The van der Waals surface area contributed by atoms with Gasteiger partial charge in [0, 0.05) is 11.1 Å². The fourth-order valence-electron chi connectivity index (χ4n) is 3.97. The average molecular weight is 417 g/mol. The van der Waals surface area contributed by atoms with Crippen LogP contribution < -0.4 is 10.5 Å². The van der Waals surface area contributed by atoms with E-state index < -0.39 is 0 Å². The predicted octanol–water partition coefficient (Wildman–Crippen LogP) is 6.65. The molecule has 0 heterocycles. The number of hydrogen-bond acceptors (Lipinski definition) is 3. The highest BCUT2D eigenvalue weighted by atomic mass is 16.5. The molecule has 0 aromatic heterocycles. The Kier molecular flexibility index (Phi) is 6.34. The Morgan fingerprint density at radius 2 is 1.59 bits per heavy atom. The number of fused-ring (bicyclic) bond motifs is 1. The van der Waals surface area contributed by atoms with E-state index in [1.807, 2.05) is 36.4 Å². The van der Waals surface area contributed by atoms with Crippen LogP contribution in [0, 0.1) is 11.3 Å². The molecule has 0 aliphatic rings. The van der Waals surface area contributed by atoms with Gasteiger partial charge in [0.2, 0.25) is 0 Å². The molecule has 3 nitrogen and oxygen atoms in total. The van der Waals surface area contributed by atoms with E-state index in [0.29, 0.717) is 12.0 Å². The number of benzene rings is 4. The van der Waals surface area contributed by atoms with Crippen LogP contribution in [0.3, 0.4) is 0 Å². The first-order chi connectivity index (χ1) is 15.7. The molecule has 0 saturated heterocycles. The first kappa shape index (κ1) is 21.0. The lowest BCUT2D eigenvalue weighted by molar-refractivity contribution is 0.416. The van der Waals surface area contributed by atoms with Gasteiger partial charge in [0.25, 0.3) is 0 Å². The summed E-state index contributed by atoms with van der Waals surface area (Å²) in [5.41, 5.74) is 11.6. The first-order valence-corrected chi connectivity index (χ1v) is 10.5. The summed E-state index contributed by atoms with van der Waals surface area (Å²) >= 11 is 0. The summed E-state index contributed by atoms with van der Waals surface area (Å²) < 4.78 is 5.80. The Labute approximate surface area is 188 Å². The van der Waals surface area contributed by atoms with Crippen molar-refractivity contribution in [2.45, 2.75) is 6.42 Å². The molecule has 0 atom stereocenters. The molecule has 0 unspecified atom stereocenters. The fraction of sp³-hybridized carbons (Fsp3) is 0.0690. The Hall–Kier alpha value is -4.29. The van der Waals surface area contributed by atoms with Crippen molar-refractivity contribution in [2.24, 2.45) is 5.73 Å². The molecule has 4 aromatic carbocycles. The zero-order chi connectivity index (χ0) is 22.3. The van der Waals surface area contributed by atoms with Crippen LogP contribution in [0.5, 0.6) is 5.75 Å². The number of nitrogens with zero attached hydrogens (tertiary/aromatic N) is 1. The number of allylic oxidation sites excluding steroid dienone is 3. The van der Waals surface area contributed by atoms with Crippen LogP contribution in [0.25, 0.3) is 33.0 Å². The summed E-state index contributed by atoms with van der Waals surface area (Å²) in [4.78, 5) is 0. The van der Waals surface area contributed by atoms with Crippen LogP contribution in [0.15, 0.2) is 109 Å². The summed E-state index contributed by atoms with van der Waals surface area (Å²) in [6, 6.07) is 31.4. The van der Waals surface area contributed by atoms with Crippen molar-refractivity contribution < 1.29 is 4.74 Å². The Morgan fingerprint density at radius 1 is 0.875 bits per heavy atom. The zero-order valence-electron chi connectivity index (χ0n) is 18.0. The lowest BCUT2D eigenvalue weighted by Crippen LogP contribution is -1.93. The van der Waals surface area contributed by atoms with Gasteiger partial charge in [-0.3, -0.25) is 0 Å². The molecule has 4 rings (SSSR count). The van der Waals surface area contributed by atoms with Crippen molar-refractivity contribution in [3.8, 4) is 34.1 Å². The zero-order valence-corrected chi connectivity index (χ0v) is 18.0. The van der Waals surface area contributed by atoms with Gasteiger partial charge in [0.1, 0.15) is 5.75 Å². The van der Waals surface area contributed by atoms with E-state index in [9.17, 15) is 5.26 Å². The van der Waals surface area contributed by atoms with Crippen LogP contribution in [0.2, 0.25) is 0 Å². The third kappa shape index (κ3) is 4.26. The Bertz CT molecular complexity index is 1340. The maximum absolute atomic E-state index is 9.26. The second-order valence-electron chi connectivity index (χ2n) is 7.43. The van der Waals surface area contributed by atoms with Crippen molar-refractivity contribution in [1.29, 1.82) is 5.26 Å². The normalized spacial score (nSPS) is 11.6. The van der Waals surface area contributed by atoms with Gasteiger partial charge < -0.3 is 10.5 Å². The van der Waals surface area contributed by atoms with Crippen molar-refractivity contribution in [3.05, 3.63) is 114 Å². The molecule has 0 saturated carbocycles. The molecule has 4 aromatic rings. The molecular formula is C29H24N2O. The van der Waals surface area contributed by atoms with Crippen LogP contribution in [0.4, 0.5) is 0 Å². The fourth-order valence-corrected chi connectivity index (χ4v) is 3.97. The lowest BCUT2D eigenvalue weighted by Gasteiger charge is -2.15. The Balaban J connectivity index is 1.80. The number of methoxy groups -OCH3 is 1. The van der Waals surface area contributed by atoms with E-state index in [2.05, 4.69) is 60.7 Å². The maximum Gasteiger partial charge on any atom is 0.127 e. The molecule has 0 spiro atoms. The van der Waals surface area contributed by atoms with Gasteiger partial charge in [-0.05, 0) is 57.8 Å². The SMILES string of the molecule is COc1cc(-c2ccccc2)ccc1-c1ccc(C/C=C(C#N)\C=C/N)c2ccccc12. The minimum absolute atomic E-state index is 0.554. The minimum Gasteiger partial charge on any atom is -0.496 e. The van der Waals surface area contributed by atoms with E-state index in [-0.39, 0.29) is 0 Å². The average Bonchev–Trinajstić information content (AvgIpc) is 2.86. The molecule has 2 N–H and O–H groups in total. The number of hydrogen-bond donors (Lipinski definition) is 1. The molecule has 0 aliphatic heterocycles. The van der Waals surface area contributed by atoms with Crippen molar-refractivity contribution in [1.82, 2.24) is 0 Å².